The Morgan fingerprint density at radius 3 is 2.46 bits per heavy atom. The van der Waals surface area contributed by atoms with Crippen LogP contribution < -0.4 is 5.32 Å². The summed E-state index contributed by atoms with van der Waals surface area (Å²) in [6.07, 6.45) is 1.18. The molecule has 0 spiro atoms. The third-order valence-electron chi connectivity index (χ3n) is 3.04. The zero-order valence-electron chi connectivity index (χ0n) is 8.65. The van der Waals surface area contributed by atoms with Crippen LogP contribution in [-0.4, -0.2) is 6.04 Å². The fourth-order valence-electron chi connectivity index (χ4n) is 2.11. The highest BCUT2D eigenvalue weighted by atomic mass is 14.9. The minimum atomic E-state index is 0.632. The third-order valence-corrected chi connectivity index (χ3v) is 3.04. The Morgan fingerprint density at radius 2 is 1.77 bits per heavy atom. The molecular weight excluding hydrogens is 158 g/mol. The van der Waals surface area contributed by atoms with Gasteiger partial charge in [-0.1, -0.05) is 12.1 Å². The molecule has 1 N–H and O–H groups in total. The highest BCUT2D eigenvalue weighted by Gasteiger charge is 2.16. The van der Waals surface area contributed by atoms with Gasteiger partial charge in [-0.15, -0.1) is 0 Å². The number of hydrogen-bond acceptors (Lipinski definition) is 1. The second kappa shape index (κ2) is 3.15. The van der Waals surface area contributed by atoms with Gasteiger partial charge in [0.05, 0.1) is 0 Å². The molecule has 1 unspecified atom stereocenters. The lowest BCUT2D eigenvalue weighted by Gasteiger charge is -2.26. The van der Waals surface area contributed by atoms with Gasteiger partial charge < -0.3 is 5.32 Å². The quantitative estimate of drug-likeness (QED) is 0.638. The predicted molar refractivity (Wildman–Crippen MR) is 55.9 cm³/mol. The summed E-state index contributed by atoms with van der Waals surface area (Å²) in [5.41, 5.74) is 5.98. The van der Waals surface area contributed by atoms with Crippen molar-refractivity contribution in [1.29, 1.82) is 0 Å². The van der Waals surface area contributed by atoms with Crippen LogP contribution in [0.2, 0.25) is 0 Å². The number of hydrogen-bond donors (Lipinski definition) is 1. The van der Waals surface area contributed by atoms with Gasteiger partial charge in [-0.3, -0.25) is 0 Å². The Balaban J connectivity index is 2.51. The van der Waals surface area contributed by atoms with Crippen molar-refractivity contribution in [3.63, 3.8) is 0 Å². The van der Waals surface area contributed by atoms with Crippen LogP contribution >= 0.6 is 0 Å². The molecule has 1 aliphatic rings. The third kappa shape index (κ3) is 1.49. The van der Waals surface area contributed by atoms with Crippen LogP contribution in [0, 0.1) is 13.8 Å². The van der Waals surface area contributed by atoms with Crippen molar-refractivity contribution < 1.29 is 0 Å². The molecule has 1 heteroatoms. The zero-order valence-corrected chi connectivity index (χ0v) is 8.65. The highest BCUT2D eigenvalue weighted by Crippen LogP contribution is 2.23. The summed E-state index contributed by atoms with van der Waals surface area (Å²) < 4.78 is 0. The van der Waals surface area contributed by atoms with Gasteiger partial charge in [-0.25, -0.2) is 0 Å². The van der Waals surface area contributed by atoms with Crippen LogP contribution in [0.3, 0.4) is 0 Å². The Bertz CT molecular complexity index is 328. The van der Waals surface area contributed by atoms with E-state index >= 15 is 0 Å². The Hall–Kier alpha value is -0.820. The first kappa shape index (κ1) is 8.76. The Labute approximate surface area is 80.2 Å². The molecule has 0 aliphatic carbocycles. The molecule has 1 atom stereocenters. The summed E-state index contributed by atoms with van der Waals surface area (Å²) in [4.78, 5) is 0. The highest BCUT2D eigenvalue weighted by molar-refractivity contribution is 5.41. The summed E-state index contributed by atoms with van der Waals surface area (Å²) in [6.45, 7) is 7.72. The fourth-order valence-corrected chi connectivity index (χ4v) is 2.11. The molecule has 0 saturated heterocycles. The van der Waals surface area contributed by atoms with E-state index in [1.807, 2.05) is 0 Å². The molecule has 1 aromatic carbocycles. The molecule has 70 valence electrons. The lowest BCUT2D eigenvalue weighted by atomic mass is 9.90. The van der Waals surface area contributed by atoms with Gasteiger partial charge in [-0.2, -0.15) is 0 Å². The summed E-state index contributed by atoms with van der Waals surface area (Å²) in [5, 5.41) is 3.51. The first-order valence-corrected chi connectivity index (χ1v) is 5.00. The van der Waals surface area contributed by atoms with Crippen LogP contribution in [-0.2, 0) is 13.0 Å². The van der Waals surface area contributed by atoms with E-state index in [0.29, 0.717) is 6.04 Å². The van der Waals surface area contributed by atoms with Crippen molar-refractivity contribution in [1.82, 2.24) is 5.32 Å². The number of fused-ring (bicyclic) bond motifs is 1. The molecule has 2 rings (SSSR count). The molecule has 1 aromatic rings. The van der Waals surface area contributed by atoms with Gasteiger partial charge in [0.2, 0.25) is 0 Å². The van der Waals surface area contributed by atoms with E-state index in [2.05, 4.69) is 38.2 Å². The van der Waals surface area contributed by atoms with Crippen molar-refractivity contribution in [2.75, 3.05) is 0 Å². The molecule has 0 amide bonds. The number of nitrogens with one attached hydrogen (secondary N) is 1. The number of benzene rings is 1. The van der Waals surface area contributed by atoms with E-state index in [9.17, 15) is 0 Å². The second-order valence-corrected chi connectivity index (χ2v) is 4.14. The van der Waals surface area contributed by atoms with E-state index in [1.165, 1.54) is 23.1 Å². The fraction of sp³-hybridized carbons (Fsp3) is 0.500. The largest absolute Gasteiger partial charge is 0.310 e. The second-order valence-electron chi connectivity index (χ2n) is 4.14. The standard InChI is InChI=1S/C12H17N/c1-8-4-5-9(2)12-7-13-10(3)6-11(8)12/h4-5,10,13H,6-7H2,1-3H3. The maximum atomic E-state index is 3.51. The van der Waals surface area contributed by atoms with Crippen LogP contribution in [0.5, 0.6) is 0 Å². The lowest BCUT2D eigenvalue weighted by Crippen LogP contribution is -2.33. The molecule has 1 heterocycles. The van der Waals surface area contributed by atoms with E-state index in [4.69, 9.17) is 0 Å². The van der Waals surface area contributed by atoms with E-state index in [-0.39, 0.29) is 0 Å². The van der Waals surface area contributed by atoms with E-state index < -0.39 is 0 Å². The van der Waals surface area contributed by atoms with E-state index in [1.54, 1.807) is 5.56 Å². The maximum absolute atomic E-state index is 3.51. The minimum absolute atomic E-state index is 0.632. The van der Waals surface area contributed by atoms with Crippen molar-refractivity contribution >= 4 is 0 Å². The minimum Gasteiger partial charge on any atom is -0.310 e. The summed E-state index contributed by atoms with van der Waals surface area (Å²) in [7, 11) is 0. The molecule has 0 aromatic heterocycles. The molecule has 0 saturated carbocycles. The Kier molecular flexibility index (Phi) is 2.12. The SMILES string of the molecule is Cc1ccc(C)c2c1CNC(C)C2. The average Bonchev–Trinajstić information content (AvgIpc) is 2.12. The maximum Gasteiger partial charge on any atom is 0.0213 e. The zero-order chi connectivity index (χ0) is 9.42. The smallest absolute Gasteiger partial charge is 0.0213 e. The summed E-state index contributed by atoms with van der Waals surface area (Å²) in [5.74, 6) is 0. The summed E-state index contributed by atoms with van der Waals surface area (Å²) in [6, 6.07) is 5.10. The molecule has 0 fully saturated rings. The number of rotatable bonds is 0. The van der Waals surface area contributed by atoms with Crippen molar-refractivity contribution in [2.24, 2.45) is 0 Å². The van der Waals surface area contributed by atoms with Crippen LogP contribution in [0.4, 0.5) is 0 Å². The number of aryl methyl sites for hydroxylation is 2. The van der Waals surface area contributed by atoms with E-state index in [0.717, 1.165) is 6.54 Å². The monoisotopic (exact) mass is 175 g/mol. The van der Waals surface area contributed by atoms with Gasteiger partial charge in [0.25, 0.3) is 0 Å². The van der Waals surface area contributed by atoms with Crippen LogP contribution in [0.25, 0.3) is 0 Å². The first-order chi connectivity index (χ1) is 6.18. The van der Waals surface area contributed by atoms with Gasteiger partial charge >= 0.3 is 0 Å². The van der Waals surface area contributed by atoms with Crippen molar-refractivity contribution in [2.45, 2.75) is 39.8 Å². The van der Waals surface area contributed by atoms with Gasteiger partial charge in [0.15, 0.2) is 0 Å². The molecule has 1 nitrogen and oxygen atoms in total. The van der Waals surface area contributed by atoms with Crippen molar-refractivity contribution in [3.8, 4) is 0 Å². The van der Waals surface area contributed by atoms with Crippen LogP contribution in [0.15, 0.2) is 12.1 Å². The van der Waals surface area contributed by atoms with Gasteiger partial charge in [0, 0.05) is 12.6 Å². The van der Waals surface area contributed by atoms with Crippen LogP contribution in [0.1, 0.15) is 29.2 Å². The molecule has 0 bridgehead atoms. The lowest BCUT2D eigenvalue weighted by molar-refractivity contribution is 0.510. The predicted octanol–water partition coefficient (Wildman–Crippen LogP) is 2.34. The van der Waals surface area contributed by atoms with Gasteiger partial charge in [0.1, 0.15) is 0 Å². The van der Waals surface area contributed by atoms with Gasteiger partial charge in [-0.05, 0) is 49.4 Å². The Morgan fingerprint density at radius 1 is 1.15 bits per heavy atom. The van der Waals surface area contributed by atoms with Crippen molar-refractivity contribution in [3.05, 3.63) is 34.4 Å². The molecule has 0 radical (unpaired) electrons. The first-order valence-electron chi connectivity index (χ1n) is 5.00. The average molecular weight is 175 g/mol. The summed E-state index contributed by atoms with van der Waals surface area (Å²) >= 11 is 0. The molecule has 1 aliphatic heterocycles. The molecular formula is C12H17N. The molecule has 13 heavy (non-hydrogen) atoms. The topological polar surface area (TPSA) is 12.0 Å². The normalized spacial score (nSPS) is 21.3.